The highest BCUT2D eigenvalue weighted by Crippen LogP contribution is 2.24. The van der Waals surface area contributed by atoms with Gasteiger partial charge in [-0.1, -0.05) is 18.2 Å². The molecule has 90 valence electrons. The predicted molar refractivity (Wildman–Crippen MR) is 64.2 cm³/mol. The lowest BCUT2D eigenvalue weighted by Crippen LogP contribution is -2.22. The fourth-order valence-corrected chi connectivity index (χ4v) is 1.87. The Bertz CT molecular complexity index is 317. The van der Waals surface area contributed by atoms with E-state index in [9.17, 15) is 4.39 Å². The summed E-state index contributed by atoms with van der Waals surface area (Å²) in [5.74, 6) is 0.0206. The molecule has 0 saturated heterocycles. The molecule has 0 aliphatic heterocycles. The second-order valence-corrected chi connectivity index (χ2v) is 4.06. The second-order valence-electron chi connectivity index (χ2n) is 4.06. The smallest absolute Gasteiger partial charge is 0.126 e. The van der Waals surface area contributed by atoms with E-state index in [2.05, 4.69) is 5.32 Å². The lowest BCUT2D eigenvalue weighted by Gasteiger charge is -2.20. The summed E-state index contributed by atoms with van der Waals surface area (Å²) in [5, 5.41) is 3.10. The van der Waals surface area contributed by atoms with Crippen LogP contribution >= 0.6 is 0 Å². The molecule has 2 atom stereocenters. The molecule has 0 aliphatic rings. The summed E-state index contributed by atoms with van der Waals surface area (Å²) >= 11 is 0. The Hall–Kier alpha value is -0.930. The third-order valence-electron chi connectivity index (χ3n) is 2.81. The van der Waals surface area contributed by atoms with Gasteiger partial charge in [-0.05, 0) is 32.0 Å². The van der Waals surface area contributed by atoms with Crippen molar-refractivity contribution in [2.75, 3.05) is 20.7 Å². The van der Waals surface area contributed by atoms with E-state index in [0.717, 1.165) is 18.5 Å². The van der Waals surface area contributed by atoms with E-state index in [4.69, 9.17) is 4.74 Å². The van der Waals surface area contributed by atoms with Crippen molar-refractivity contribution in [3.8, 4) is 0 Å². The second kappa shape index (κ2) is 6.61. The van der Waals surface area contributed by atoms with Crippen molar-refractivity contribution in [3.63, 3.8) is 0 Å². The summed E-state index contributed by atoms with van der Waals surface area (Å²) in [6, 6.07) is 6.95. The highest BCUT2D eigenvalue weighted by Gasteiger charge is 2.17. The number of nitrogens with one attached hydrogen (secondary N) is 1. The molecular formula is C13H20FNO. The Kier molecular flexibility index (Phi) is 5.43. The van der Waals surface area contributed by atoms with Gasteiger partial charge < -0.3 is 10.1 Å². The maximum absolute atomic E-state index is 13.6. The number of methoxy groups -OCH3 is 1. The first-order valence-corrected chi connectivity index (χ1v) is 5.60. The minimum atomic E-state index is -0.133. The van der Waals surface area contributed by atoms with Gasteiger partial charge in [-0.3, -0.25) is 0 Å². The first kappa shape index (κ1) is 13.1. The van der Waals surface area contributed by atoms with E-state index < -0.39 is 0 Å². The molecule has 1 rings (SSSR count). The Morgan fingerprint density at radius 1 is 1.38 bits per heavy atom. The van der Waals surface area contributed by atoms with Crippen LogP contribution in [0.15, 0.2) is 24.3 Å². The zero-order chi connectivity index (χ0) is 12.0. The highest BCUT2D eigenvalue weighted by molar-refractivity contribution is 5.22. The van der Waals surface area contributed by atoms with E-state index in [1.54, 1.807) is 13.2 Å². The molecule has 2 nitrogen and oxygen atoms in total. The van der Waals surface area contributed by atoms with E-state index in [1.165, 1.54) is 6.07 Å². The number of likely N-dealkylation sites (N-methyl/N-ethyl adjacent to an activating group) is 1. The molecule has 0 fully saturated rings. The van der Waals surface area contributed by atoms with Gasteiger partial charge >= 0.3 is 0 Å². The fourth-order valence-electron chi connectivity index (χ4n) is 1.87. The quantitative estimate of drug-likeness (QED) is 0.803. The van der Waals surface area contributed by atoms with Crippen LogP contribution < -0.4 is 5.32 Å². The minimum absolute atomic E-state index is 0.133. The topological polar surface area (TPSA) is 21.3 Å². The van der Waals surface area contributed by atoms with Crippen LogP contribution in [0.4, 0.5) is 4.39 Å². The zero-order valence-corrected chi connectivity index (χ0v) is 10.2. The number of benzene rings is 1. The molecule has 0 saturated carbocycles. The lowest BCUT2D eigenvalue weighted by molar-refractivity contribution is 0.104. The third kappa shape index (κ3) is 3.58. The summed E-state index contributed by atoms with van der Waals surface area (Å²) in [6.45, 7) is 2.76. The van der Waals surface area contributed by atoms with Crippen LogP contribution in [0.5, 0.6) is 0 Å². The molecule has 0 spiro atoms. The number of rotatable bonds is 6. The molecule has 0 radical (unpaired) electrons. The van der Waals surface area contributed by atoms with Gasteiger partial charge in [0.15, 0.2) is 0 Å². The maximum atomic E-state index is 13.6. The van der Waals surface area contributed by atoms with Crippen LogP contribution in [-0.2, 0) is 4.74 Å². The molecule has 1 N–H and O–H groups in total. The number of halogens is 1. The van der Waals surface area contributed by atoms with Gasteiger partial charge in [0, 0.05) is 19.6 Å². The number of hydrogen-bond donors (Lipinski definition) is 1. The van der Waals surface area contributed by atoms with Crippen molar-refractivity contribution in [2.24, 2.45) is 0 Å². The molecule has 0 aromatic heterocycles. The van der Waals surface area contributed by atoms with E-state index in [1.807, 2.05) is 26.1 Å². The molecule has 1 aromatic carbocycles. The summed E-state index contributed by atoms with van der Waals surface area (Å²) in [5.41, 5.74) is 0.765. The van der Waals surface area contributed by atoms with E-state index in [-0.39, 0.29) is 17.8 Å². The van der Waals surface area contributed by atoms with E-state index in [0.29, 0.717) is 0 Å². The Morgan fingerprint density at radius 3 is 2.62 bits per heavy atom. The molecule has 1 aromatic rings. The predicted octanol–water partition coefficient (Wildman–Crippen LogP) is 2.55. The van der Waals surface area contributed by atoms with Crippen LogP contribution in [0.25, 0.3) is 0 Å². The van der Waals surface area contributed by atoms with Gasteiger partial charge in [0.1, 0.15) is 5.82 Å². The van der Waals surface area contributed by atoms with Crippen molar-refractivity contribution in [1.82, 2.24) is 5.32 Å². The van der Waals surface area contributed by atoms with Gasteiger partial charge in [-0.2, -0.15) is 0 Å². The maximum Gasteiger partial charge on any atom is 0.126 e. The Morgan fingerprint density at radius 2 is 2.06 bits per heavy atom. The molecule has 0 bridgehead atoms. The van der Waals surface area contributed by atoms with Gasteiger partial charge in [-0.25, -0.2) is 4.39 Å². The summed E-state index contributed by atoms with van der Waals surface area (Å²) < 4.78 is 18.9. The fraction of sp³-hybridized carbons (Fsp3) is 0.538. The van der Waals surface area contributed by atoms with E-state index >= 15 is 0 Å². The standard InChI is InChI=1S/C13H20FNO/c1-10(16-3)8-11(9-15-2)12-6-4-5-7-13(12)14/h4-7,10-11,15H,8-9H2,1-3H3. The van der Waals surface area contributed by atoms with Crippen molar-refractivity contribution < 1.29 is 9.13 Å². The average Bonchev–Trinajstić information content (AvgIpc) is 2.29. The molecule has 0 amide bonds. The minimum Gasteiger partial charge on any atom is -0.382 e. The van der Waals surface area contributed by atoms with Gasteiger partial charge in [-0.15, -0.1) is 0 Å². The average molecular weight is 225 g/mol. The lowest BCUT2D eigenvalue weighted by atomic mass is 9.93. The van der Waals surface area contributed by atoms with Crippen molar-refractivity contribution >= 4 is 0 Å². The molecule has 0 heterocycles. The normalized spacial score (nSPS) is 14.8. The largest absolute Gasteiger partial charge is 0.382 e. The van der Waals surface area contributed by atoms with Gasteiger partial charge in [0.2, 0.25) is 0 Å². The van der Waals surface area contributed by atoms with Crippen LogP contribution in [0.1, 0.15) is 24.8 Å². The Balaban J connectivity index is 2.80. The molecule has 16 heavy (non-hydrogen) atoms. The van der Waals surface area contributed by atoms with Gasteiger partial charge in [0.05, 0.1) is 6.10 Å². The van der Waals surface area contributed by atoms with Crippen LogP contribution in [0.2, 0.25) is 0 Å². The highest BCUT2D eigenvalue weighted by atomic mass is 19.1. The van der Waals surface area contributed by atoms with Gasteiger partial charge in [0.25, 0.3) is 0 Å². The van der Waals surface area contributed by atoms with Crippen LogP contribution in [0.3, 0.4) is 0 Å². The van der Waals surface area contributed by atoms with Crippen molar-refractivity contribution in [1.29, 1.82) is 0 Å². The summed E-state index contributed by atoms with van der Waals surface area (Å²) in [6.07, 6.45) is 0.955. The van der Waals surface area contributed by atoms with Crippen LogP contribution in [-0.4, -0.2) is 26.8 Å². The summed E-state index contributed by atoms with van der Waals surface area (Å²) in [4.78, 5) is 0. The number of hydrogen-bond acceptors (Lipinski definition) is 2. The molecular weight excluding hydrogens is 205 g/mol. The monoisotopic (exact) mass is 225 g/mol. The summed E-state index contributed by atoms with van der Waals surface area (Å²) in [7, 11) is 3.56. The molecule has 3 heteroatoms. The Labute approximate surface area is 96.8 Å². The van der Waals surface area contributed by atoms with Crippen molar-refractivity contribution in [2.45, 2.75) is 25.4 Å². The SMILES string of the molecule is CNCC(CC(C)OC)c1ccccc1F. The third-order valence-corrected chi connectivity index (χ3v) is 2.81. The van der Waals surface area contributed by atoms with Crippen molar-refractivity contribution in [3.05, 3.63) is 35.6 Å². The first-order chi connectivity index (χ1) is 7.69. The molecule has 0 aliphatic carbocycles. The number of ether oxygens (including phenoxy) is 1. The zero-order valence-electron chi connectivity index (χ0n) is 10.2. The van der Waals surface area contributed by atoms with Crippen LogP contribution in [0, 0.1) is 5.82 Å². The molecule has 2 unspecified atom stereocenters. The first-order valence-electron chi connectivity index (χ1n) is 5.60.